The molecule has 0 saturated carbocycles. The van der Waals surface area contributed by atoms with Crippen LogP contribution in [0.25, 0.3) is 0 Å². The van der Waals surface area contributed by atoms with Crippen molar-refractivity contribution >= 4 is 21.8 Å². The maximum atomic E-state index is 12.5. The molecule has 1 heterocycles. The van der Waals surface area contributed by atoms with E-state index >= 15 is 0 Å². The zero-order chi connectivity index (χ0) is 16.0. The van der Waals surface area contributed by atoms with Gasteiger partial charge in [-0.05, 0) is 46.2 Å². The highest BCUT2D eigenvalue weighted by atomic mass is 32.2. The lowest BCUT2D eigenvalue weighted by atomic mass is 10.3. The number of aryl methyl sites for hydroxylation is 1. The molecule has 0 aliphatic heterocycles. The van der Waals surface area contributed by atoms with Crippen LogP contribution in [-0.2, 0) is 16.6 Å². The van der Waals surface area contributed by atoms with E-state index in [4.69, 9.17) is 0 Å². The number of sulfonamides is 1. The van der Waals surface area contributed by atoms with Gasteiger partial charge in [-0.25, -0.2) is 13.1 Å². The minimum absolute atomic E-state index is 0.0816. The van der Waals surface area contributed by atoms with Crippen molar-refractivity contribution in [3.05, 3.63) is 11.4 Å². The summed E-state index contributed by atoms with van der Waals surface area (Å²) < 4.78 is 29.6. The highest BCUT2D eigenvalue weighted by Gasteiger charge is 2.25. The number of thioether (sulfide) groups is 1. The van der Waals surface area contributed by atoms with Crippen LogP contribution < -0.4 is 10.0 Å². The first-order chi connectivity index (χ1) is 9.83. The van der Waals surface area contributed by atoms with Gasteiger partial charge in [-0.3, -0.25) is 4.68 Å². The molecule has 1 unspecified atom stereocenters. The van der Waals surface area contributed by atoms with Crippen molar-refractivity contribution in [3.8, 4) is 0 Å². The van der Waals surface area contributed by atoms with Crippen LogP contribution in [0.15, 0.2) is 4.90 Å². The molecule has 0 fully saturated rings. The first kappa shape index (κ1) is 18.5. The fourth-order valence-electron chi connectivity index (χ4n) is 2.18. The summed E-state index contributed by atoms with van der Waals surface area (Å²) in [4.78, 5) is 0.314. The van der Waals surface area contributed by atoms with E-state index in [2.05, 4.69) is 15.1 Å². The smallest absolute Gasteiger partial charge is 0.244 e. The third-order valence-corrected chi connectivity index (χ3v) is 5.75. The molecule has 0 radical (unpaired) electrons. The zero-order valence-electron chi connectivity index (χ0n) is 13.4. The summed E-state index contributed by atoms with van der Waals surface area (Å²) in [6, 6.07) is -0.0816. The number of likely N-dealkylation sites (N-methyl/N-ethyl adjacent to an activating group) is 1. The second-order valence-corrected chi connectivity index (χ2v) is 7.77. The normalized spacial score (nSPS) is 13.6. The second kappa shape index (κ2) is 8.17. The summed E-state index contributed by atoms with van der Waals surface area (Å²) >= 11 is 1.71. The summed E-state index contributed by atoms with van der Waals surface area (Å²) in [6.45, 7) is 6.84. The molecular formula is C13H26N4O2S2. The molecule has 6 nitrogen and oxygen atoms in total. The van der Waals surface area contributed by atoms with Crippen LogP contribution in [0, 0.1) is 13.8 Å². The van der Waals surface area contributed by atoms with Crippen molar-refractivity contribution < 1.29 is 8.42 Å². The summed E-state index contributed by atoms with van der Waals surface area (Å²) in [7, 11) is -1.66. The van der Waals surface area contributed by atoms with E-state index in [0.29, 0.717) is 22.8 Å². The molecule has 1 rings (SSSR count). The minimum atomic E-state index is -3.52. The lowest BCUT2D eigenvalue weighted by Crippen LogP contribution is -2.33. The summed E-state index contributed by atoms with van der Waals surface area (Å²) in [5, 5.41) is 7.37. The molecule has 8 heteroatoms. The average molecular weight is 335 g/mol. The Kier molecular flexibility index (Phi) is 7.19. The first-order valence-electron chi connectivity index (χ1n) is 7.03. The minimum Gasteiger partial charge on any atom is -0.318 e. The van der Waals surface area contributed by atoms with E-state index < -0.39 is 10.0 Å². The third-order valence-electron chi connectivity index (χ3n) is 3.27. The number of rotatable bonds is 9. The fraction of sp³-hybridized carbons (Fsp3) is 0.769. The van der Waals surface area contributed by atoms with Gasteiger partial charge in [0.15, 0.2) is 0 Å². The number of hydrogen-bond donors (Lipinski definition) is 2. The van der Waals surface area contributed by atoms with Gasteiger partial charge >= 0.3 is 0 Å². The molecule has 0 amide bonds. The quantitative estimate of drug-likeness (QED) is 0.708. The zero-order valence-corrected chi connectivity index (χ0v) is 15.1. The Balaban J connectivity index is 2.95. The predicted octanol–water partition coefficient (Wildman–Crippen LogP) is 1.14. The SMILES string of the molecule is CNCCn1nc(C)c(S(=O)(=O)NC(C)CCSC)c1C. The monoisotopic (exact) mass is 334 g/mol. The van der Waals surface area contributed by atoms with Crippen LogP contribution in [0.4, 0.5) is 0 Å². The third kappa shape index (κ3) is 4.98. The van der Waals surface area contributed by atoms with Gasteiger partial charge in [-0.15, -0.1) is 0 Å². The Hall–Kier alpha value is -0.570. The Morgan fingerprint density at radius 1 is 1.38 bits per heavy atom. The van der Waals surface area contributed by atoms with E-state index in [1.807, 2.05) is 20.2 Å². The van der Waals surface area contributed by atoms with Gasteiger partial charge in [0.2, 0.25) is 10.0 Å². The molecule has 1 aromatic rings. The Morgan fingerprint density at radius 2 is 2.05 bits per heavy atom. The molecule has 0 bridgehead atoms. The summed E-state index contributed by atoms with van der Waals surface area (Å²) in [5.41, 5.74) is 1.24. The summed E-state index contributed by atoms with van der Waals surface area (Å²) in [6.07, 6.45) is 2.83. The molecule has 0 aliphatic rings. The fourth-order valence-corrected chi connectivity index (χ4v) is 4.46. The number of hydrogen-bond acceptors (Lipinski definition) is 5. The van der Waals surface area contributed by atoms with E-state index in [9.17, 15) is 8.42 Å². The largest absolute Gasteiger partial charge is 0.318 e. The van der Waals surface area contributed by atoms with Crippen molar-refractivity contribution in [2.45, 2.75) is 44.7 Å². The first-order valence-corrected chi connectivity index (χ1v) is 9.91. The van der Waals surface area contributed by atoms with Crippen molar-refractivity contribution in [3.63, 3.8) is 0 Å². The highest BCUT2D eigenvalue weighted by Crippen LogP contribution is 2.20. The van der Waals surface area contributed by atoms with Crippen LogP contribution in [0.2, 0.25) is 0 Å². The van der Waals surface area contributed by atoms with E-state index in [-0.39, 0.29) is 6.04 Å². The highest BCUT2D eigenvalue weighted by molar-refractivity contribution is 7.98. The topological polar surface area (TPSA) is 76.0 Å². The van der Waals surface area contributed by atoms with Crippen molar-refractivity contribution in [2.75, 3.05) is 25.6 Å². The van der Waals surface area contributed by atoms with Gasteiger partial charge < -0.3 is 5.32 Å². The van der Waals surface area contributed by atoms with Gasteiger partial charge in [-0.1, -0.05) is 0 Å². The molecule has 0 spiro atoms. The Bertz CT molecular complexity index is 555. The molecule has 122 valence electrons. The van der Waals surface area contributed by atoms with Gasteiger partial charge in [0, 0.05) is 12.6 Å². The number of aromatic nitrogens is 2. The van der Waals surface area contributed by atoms with Crippen molar-refractivity contribution in [1.29, 1.82) is 0 Å². The van der Waals surface area contributed by atoms with Gasteiger partial charge in [0.25, 0.3) is 0 Å². The molecular weight excluding hydrogens is 308 g/mol. The van der Waals surface area contributed by atoms with Crippen molar-refractivity contribution in [1.82, 2.24) is 19.8 Å². The van der Waals surface area contributed by atoms with Crippen LogP contribution in [0.1, 0.15) is 24.7 Å². The second-order valence-electron chi connectivity index (χ2n) is 5.13. The van der Waals surface area contributed by atoms with Crippen LogP contribution in [-0.4, -0.2) is 49.8 Å². The predicted molar refractivity (Wildman–Crippen MR) is 88.4 cm³/mol. The van der Waals surface area contributed by atoms with Crippen LogP contribution >= 0.6 is 11.8 Å². The van der Waals surface area contributed by atoms with E-state index in [1.165, 1.54) is 0 Å². The standard InChI is InChI=1S/C13H26N4O2S2/c1-10(6-9-20-5)16-21(18,19)13-11(2)15-17(12(13)3)8-7-14-4/h10,14,16H,6-9H2,1-5H3. The molecule has 0 aliphatic carbocycles. The maximum Gasteiger partial charge on any atom is 0.244 e. The maximum absolute atomic E-state index is 12.5. The Morgan fingerprint density at radius 3 is 2.62 bits per heavy atom. The van der Waals surface area contributed by atoms with E-state index in [1.54, 1.807) is 30.3 Å². The number of nitrogens with zero attached hydrogens (tertiary/aromatic N) is 2. The number of nitrogens with one attached hydrogen (secondary N) is 2. The average Bonchev–Trinajstić information content (AvgIpc) is 2.68. The molecule has 0 saturated heterocycles. The lowest BCUT2D eigenvalue weighted by Gasteiger charge is -2.14. The molecule has 21 heavy (non-hydrogen) atoms. The molecule has 0 aromatic carbocycles. The Labute approximate surface area is 132 Å². The van der Waals surface area contributed by atoms with E-state index in [0.717, 1.165) is 18.7 Å². The lowest BCUT2D eigenvalue weighted by molar-refractivity contribution is 0.552. The van der Waals surface area contributed by atoms with Crippen LogP contribution in [0.3, 0.4) is 0 Å². The van der Waals surface area contributed by atoms with Gasteiger partial charge in [0.1, 0.15) is 4.90 Å². The van der Waals surface area contributed by atoms with Gasteiger partial charge in [-0.2, -0.15) is 16.9 Å². The summed E-state index contributed by atoms with van der Waals surface area (Å²) in [5.74, 6) is 0.934. The van der Waals surface area contributed by atoms with Crippen LogP contribution in [0.5, 0.6) is 0 Å². The molecule has 1 aromatic heterocycles. The van der Waals surface area contributed by atoms with Crippen molar-refractivity contribution in [2.24, 2.45) is 0 Å². The molecule has 2 N–H and O–H groups in total. The van der Waals surface area contributed by atoms with Gasteiger partial charge in [0.05, 0.1) is 17.9 Å². The molecule has 1 atom stereocenters.